The molecular formula is C15H27NO2. The van der Waals surface area contributed by atoms with E-state index in [0.717, 1.165) is 19.1 Å². The van der Waals surface area contributed by atoms with E-state index in [9.17, 15) is 0 Å². The fourth-order valence-electron chi connectivity index (χ4n) is 3.99. The van der Waals surface area contributed by atoms with Crippen molar-refractivity contribution in [2.45, 2.75) is 69.1 Å². The highest BCUT2D eigenvalue weighted by Crippen LogP contribution is 2.45. The highest BCUT2D eigenvalue weighted by Gasteiger charge is 2.44. The molecule has 1 spiro atoms. The normalized spacial score (nSPS) is 36.5. The van der Waals surface area contributed by atoms with Gasteiger partial charge in [-0.05, 0) is 64.3 Å². The lowest BCUT2D eigenvalue weighted by Gasteiger charge is -2.49. The fraction of sp³-hybridized carbons (Fsp3) is 1.00. The molecule has 2 heterocycles. The Hall–Kier alpha value is -0.120. The third kappa shape index (κ3) is 2.59. The predicted molar refractivity (Wildman–Crippen MR) is 71.7 cm³/mol. The molecule has 104 valence electrons. The first-order valence-corrected chi connectivity index (χ1v) is 7.74. The Morgan fingerprint density at radius 3 is 2.72 bits per heavy atom. The van der Waals surface area contributed by atoms with Gasteiger partial charge in [0.2, 0.25) is 0 Å². The van der Waals surface area contributed by atoms with Crippen molar-refractivity contribution < 1.29 is 9.47 Å². The minimum Gasteiger partial charge on any atom is -0.378 e. The van der Waals surface area contributed by atoms with Crippen LogP contribution in [0.5, 0.6) is 0 Å². The van der Waals surface area contributed by atoms with Crippen molar-refractivity contribution in [2.75, 3.05) is 20.3 Å². The molecule has 3 rings (SSSR count). The Bertz CT molecular complexity index is 272. The topological polar surface area (TPSA) is 30.5 Å². The number of rotatable bonds is 4. The molecule has 3 aliphatic rings. The van der Waals surface area contributed by atoms with Crippen molar-refractivity contribution in [1.29, 1.82) is 0 Å². The number of hydrogen-bond acceptors (Lipinski definition) is 3. The van der Waals surface area contributed by atoms with E-state index in [1.54, 1.807) is 0 Å². The third-order valence-electron chi connectivity index (χ3n) is 5.28. The van der Waals surface area contributed by atoms with Gasteiger partial charge < -0.3 is 14.8 Å². The summed E-state index contributed by atoms with van der Waals surface area (Å²) in [6.07, 6.45) is 10.6. The van der Waals surface area contributed by atoms with Crippen LogP contribution >= 0.6 is 0 Å². The lowest BCUT2D eigenvalue weighted by molar-refractivity contribution is -0.148. The maximum absolute atomic E-state index is 6.04. The summed E-state index contributed by atoms with van der Waals surface area (Å²) < 4.78 is 11.8. The average molecular weight is 253 g/mol. The molecule has 0 bridgehead atoms. The average Bonchev–Trinajstić information content (AvgIpc) is 2.87. The van der Waals surface area contributed by atoms with Crippen LogP contribution in [0.1, 0.15) is 51.4 Å². The largest absolute Gasteiger partial charge is 0.378 e. The van der Waals surface area contributed by atoms with Gasteiger partial charge in [0.1, 0.15) is 0 Å². The summed E-state index contributed by atoms with van der Waals surface area (Å²) in [6, 6.07) is 0.620. The smallest absolute Gasteiger partial charge is 0.0685 e. The molecule has 18 heavy (non-hydrogen) atoms. The van der Waals surface area contributed by atoms with Crippen molar-refractivity contribution in [3.8, 4) is 0 Å². The van der Waals surface area contributed by atoms with Crippen LogP contribution in [-0.2, 0) is 9.47 Å². The molecule has 2 saturated heterocycles. The Morgan fingerprint density at radius 1 is 1.22 bits per heavy atom. The molecule has 1 aliphatic carbocycles. The second kappa shape index (κ2) is 5.48. The molecule has 1 saturated carbocycles. The molecule has 3 atom stereocenters. The van der Waals surface area contributed by atoms with E-state index in [4.69, 9.17) is 9.47 Å². The zero-order valence-electron chi connectivity index (χ0n) is 11.6. The van der Waals surface area contributed by atoms with Crippen LogP contribution in [0.15, 0.2) is 0 Å². The molecule has 0 amide bonds. The van der Waals surface area contributed by atoms with Crippen molar-refractivity contribution >= 4 is 0 Å². The Labute approximate surface area is 111 Å². The van der Waals surface area contributed by atoms with Gasteiger partial charge in [-0.25, -0.2) is 0 Å². The third-order valence-corrected chi connectivity index (χ3v) is 5.28. The molecule has 3 fully saturated rings. The van der Waals surface area contributed by atoms with Crippen molar-refractivity contribution in [3.63, 3.8) is 0 Å². The second-order valence-electron chi connectivity index (χ2n) is 6.40. The molecule has 0 radical (unpaired) electrons. The summed E-state index contributed by atoms with van der Waals surface area (Å²) in [5.74, 6) is 0.785. The Kier molecular flexibility index (Phi) is 3.92. The Balaban J connectivity index is 1.56. The van der Waals surface area contributed by atoms with Crippen LogP contribution in [-0.4, -0.2) is 38.0 Å². The van der Waals surface area contributed by atoms with Gasteiger partial charge in [-0.2, -0.15) is 0 Å². The fourth-order valence-corrected chi connectivity index (χ4v) is 3.99. The monoisotopic (exact) mass is 253 g/mol. The van der Waals surface area contributed by atoms with Crippen molar-refractivity contribution in [1.82, 2.24) is 5.32 Å². The van der Waals surface area contributed by atoms with Gasteiger partial charge in [0, 0.05) is 19.3 Å². The molecule has 0 aromatic rings. The Morgan fingerprint density at radius 2 is 2.11 bits per heavy atom. The van der Waals surface area contributed by atoms with Crippen LogP contribution in [0.4, 0.5) is 0 Å². The van der Waals surface area contributed by atoms with Gasteiger partial charge >= 0.3 is 0 Å². The van der Waals surface area contributed by atoms with Gasteiger partial charge in [0.05, 0.1) is 11.7 Å². The zero-order chi connectivity index (χ0) is 12.4. The highest BCUT2D eigenvalue weighted by molar-refractivity contribution is 4.96. The van der Waals surface area contributed by atoms with Crippen LogP contribution in [0.2, 0.25) is 0 Å². The first-order valence-electron chi connectivity index (χ1n) is 7.74. The first-order chi connectivity index (χ1) is 8.81. The van der Waals surface area contributed by atoms with E-state index in [1.165, 1.54) is 51.4 Å². The summed E-state index contributed by atoms with van der Waals surface area (Å²) in [7, 11) is 2.11. The summed E-state index contributed by atoms with van der Waals surface area (Å²) >= 11 is 0. The molecule has 3 nitrogen and oxygen atoms in total. The molecule has 0 aromatic heterocycles. The first kappa shape index (κ1) is 12.9. The molecule has 3 heteroatoms. The quantitative estimate of drug-likeness (QED) is 0.835. The van der Waals surface area contributed by atoms with E-state index in [2.05, 4.69) is 12.4 Å². The minimum atomic E-state index is 0.272. The van der Waals surface area contributed by atoms with Crippen molar-refractivity contribution in [2.24, 2.45) is 5.92 Å². The minimum absolute atomic E-state index is 0.272. The van der Waals surface area contributed by atoms with E-state index < -0.39 is 0 Å². The van der Waals surface area contributed by atoms with Gasteiger partial charge in [-0.1, -0.05) is 0 Å². The standard InChI is InChI=1S/C15H27NO2/c1-16-14(10-13-4-2-8-17-13)12-5-9-18-15(11-12)6-3-7-15/h12-14,16H,2-11H2,1H3. The van der Waals surface area contributed by atoms with Gasteiger partial charge in [0.15, 0.2) is 0 Å². The van der Waals surface area contributed by atoms with Crippen molar-refractivity contribution in [3.05, 3.63) is 0 Å². The predicted octanol–water partition coefficient (Wildman–Crippen LogP) is 2.49. The van der Waals surface area contributed by atoms with Gasteiger partial charge in [-0.15, -0.1) is 0 Å². The highest BCUT2D eigenvalue weighted by atomic mass is 16.5. The maximum atomic E-state index is 6.04. The van der Waals surface area contributed by atoms with Crippen LogP contribution in [0.25, 0.3) is 0 Å². The van der Waals surface area contributed by atoms with Crippen LogP contribution in [0, 0.1) is 5.92 Å². The summed E-state index contributed by atoms with van der Waals surface area (Å²) in [6.45, 7) is 1.94. The molecule has 0 aromatic carbocycles. The summed E-state index contributed by atoms with van der Waals surface area (Å²) in [5.41, 5.74) is 0.272. The van der Waals surface area contributed by atoms with E-state index in [-0.39, 0.29) is 5.60 Å². The molecule has 1 N–H and O–H groups in total. The van der Waals surface area contributed by atoms with Gasteiger partial charge in [-0.3, -0.25) is 0 Å². The van der Waals surface area contributed by atoms with E-state index in [0.29, 0.717) is 12.1 Å². The van der Waals surface area contributed by atoms with E-state index >= 15 is 0 Å². The SMILES string of the molecule is CNC(CC1CCCO1)C1CCOC2(CCC2)C1. The zero-order valence-corrected chi connectivity index (χ0v) is 11.6. The summed E-state index contributed by atoms with van der Waals surface area (Å²) in [5, 5.41) is 3.55. The summed E-state index contributed by atoms with van der Waals surface area (Å²) in [4.78, 5) is 0. The number of nitrogens with one attached hydrogen (secondary N) is 1. The van der Waals surface area contributed by atoms with E-state index in [1.807, 2.05) is 0 Å². The molecule has 3 unspecified atom stereocenters. The van der Waals surface area contributed by atoms with Gasteiger partial charge in [0.25, 0.3) is 0 Å². The molecule has 2 aliphatic heterocycles. The lowest BCUT2D eigenvalue weighted by atomic mass is 9.70. The number of hydrogen-bond donors (Lipinski definition) is 1. The van der Waals surface area contributed by atoms with Crippen LogP contribution in [0.3, 0.4) is 0 Å². The van der Waals surface area contributed by atoms with Crippen LogP contribution < -0.4 is 5.32 Å². The molecular weight excluding hydrogens is 226 g/mol. The second-order valence-corrected chi connectivity index (χ2v) is 6.40. The maximum Gasteiger partial charge on any atom is 0.0685 e. The lowest BCUT2D eigenvalue weighted by Crippen LogP contribution is -2.50. The number of ether oxygens (including phenoxy) is 2.